The van der Waals surface area contributed by atoms with Gasteiger partial charge in [-0.2, -0.15) is 0 Å². The predicted octanol–water partition coefficient (Wildman–Crippen LogP) is 2.40. The molecular formula is C13H15BrN2O4. The van der Waals surface area contributed by atoms with Crippen molar-refractivity contribution < 1.29 is 19.4 Å². The quantitative estimate of drug-likeness (QED) is 0.864. The third-order valence-corrected chi connectivity index (χ3v) is 3.58. The van der Waals surface area contributed by atoms with Crippen molar-refractivity contribution in [3.05, 3.63) is 28.2 Å². The average molecular weight is 343 g/mol. The highest BCUT2D eigenvalue weighted by molar-refractivity contribution is 9.10. The van der Waals surface area contributed by atoms with Crippen LogP contribution < -0.4 is 5.32 Å². The van der Waals surface area contributed by atoms with Crippen LogP contribution in [-0.4, -0.2) is 47.8 Å². The lowest BCUT2D eigenvalue weighted by Gasteiger charge is -2.33. The zero-order valence-electron chi connectivity index (χ0n) is 10.9. The summed E-state index contributed by atoms with van der Waals surface area (Å²) in [6.45, 7) is 3.35. The van der Waals surface area contributed by atoms with Crippen molar-refractivity contribution in [2.75, 3.05) is 25.1 Å². The molecule has 1 aromatic rings. The van der Waals surface area contributed by atoms with Gasteiger partial charge in [0.1, 0.15) is 0 Å². The van der Waals surface area contributed by atoms with Crippen LogP contribution in [-0.2, 0) is 4.74 Å². The number of ether oxygens (including phenoxy) is 1. The van der Waals surface area contributed by atoms with Crippen LogP contribution in [0.15, 0.2) is 22.7 Å². The molecule has 0 radical (unpaired) electrons. The molecule has 1 heterocycles. The number of nitrogens with zero attached hydrogens (tertiary/aromatic N) is 1. The largest absolute Gasteiger partial charge is 0.478 e. The monoisotopic (exact) mass is 342 g/mol. The Balaban J connectivity index is 2.18. The fourth-order valence-corrected chi connectivity index (χ4v) is 2.38. The van der Waals surface area contributed by atoms with Crippen LogP contribution in [0.4, 0.5) is 10.5 Å². The maximum atomic E-state index is 12.2. The number of amides is 2. The number of carboxylic acids is 1. The smallest absolute Gasteiger partial charge is 0.337 e. The number of carbonyl (C=O) groups is 2. The van der Waals surface area contributed by atoms with Crippen LogP contribution in [0.25, 0.3) is 0 Å². The van der Waals surface area contributed by atoms with Gasteiger partial charge in [-0.3, -0.25) is 0 Å². The summed E-state index contributed by atoms with van der Waals surface area (Å²) in [5.74, 6) is -1.08. The number of rotatable bonds is 2. The molecule has 1 saturated heterocycles. The predicted molar refractivity (Wildman–Crippen MR) is 77.1 cm³/mol. The molecular weight excluding hydrogens is 328 g/mol. The number of benzene rings is 1. The average Bonchev–Trinajstić information content (AvgIpc) is 2.38. The lowest BCUT2D eigenvalue weighted by Crippen LogP contribution is -2.49. The molecule has 0 bridgehead atoms. The Bertz CT molecular complexity index is 535. The van der Waals surface area contributed by atoms with E-state index in [1.807, 2.05) is 6.92 Å². The van der Waals surface area contributed by atoms with Crippen molar-refractivity contribution in [3.63, 3.8) is 0 Å². The number of aromatic carboxylic acids is 1. The first-order valence-corrected chi connectivity index (χ1v) is 6.96. The van der Waals surface area contributed by atoms with Gasteiger partial charge < -0.3 is 20.1 Å². The number of hydrogen-bond acceptors (Lipinski definition) is 3. The number of hydrogen-bond donors (Lipinski definition) is 2. The summed E-state index contributed by atoms with van der Waals surface area (Å²) >= 11 is 3.27. The Morgan fingerprint density at radius 1 is 1.50 bits per heavy atom. The number of morpholine rings is 1. The van der Waals surface area contributed by atoms with Gasteiger partial charge in [-0.25, -0.2) is 9.59 Å². The molecule has 2 amide bonds. The second-order valence-corrected chi connectivity index (χ2v) is 5.46. The van der Waals surface area contributed by atoms with Crippen LogP contribution in [0.3, 0.4) is 0 Å². The third-order valence-electron chi connectivity index (χ3n) is 3.08. The van der Waals surface area contributed by atoms with E-state index in [9.17, 15) is 9.59 Å². The molecule has 2 N–H and O–H groups in total. The summed E-state index contributed by atoms with van der Waals surface area (Å²) in [6, 6.07) is 4.29. The molecule has 1 aromatic carbocycles. The Labute approximate surface area is 124 Å². The number of urea groups is 1. The summed E-state index contributed by atoms with van der Waals surface area (Å²) in [7, 11) is 0. The summed E-state index contributed by atoms with van der Waals surface area (Å²) in [5, 5.41) is 11.8. The van der Waals surface area contributed by atoms with Crippen molar-refractivity contribution >= 4 is 33.6 Å². The Morgan fingerprint density at radius 2 is 2.25 bits per heavy atom. The molecule has 20 heavy (non-hydrogen) atoms. The third kappa shape index (κ3) is 3.29. The van der Waals surface area contributed by atoms with Gasteiger partial charge in [0.25, 0.3) is 0 Å². The van der Waals surface area contributed by atoms with Gasteiger partial charge in [-0.05, 0) is 25.1 Å². The maximum Gasteiger partial charge on any atom is 0.337 e. The molecule has 1 unspecified atom stereocenters. The Morgan fingerprint density at radius 3 is 2.90 bits per heavy atom. The zero-order chi connectivity index (χ0) is 14.7. The van der Waals surface area contributed by atoms with E-state index in [1.54, 1.807) is 17.0 Å². The maximum absolute atomic E-state index is 12.2. The van der Waals surface area contributed by atoms with Gasteiger partial charge in [0.2, 0.25) is 0 Å². The highest BCUT2D eigenvalue weighted by atomic mass is 79.9. The second-order valence-electron chi connectivity index (χ2n) is 4.54. The van der Waals surface area contributed by atoms with Gasteiger partial charge in [-0.15, -0.1) is 0 Å². The second kappa shape index (κ2) is 6.23. The van der Waals surface area contributed by atoms with Crippen molar-refractivity contribution in [1.82, 2.24) is 4.90 Å². The van der Waals surface area contributed by atoms with E-state index in [2.05, 4.69) is 21.2 Å². The summed E-state index contributed by atoms with van der Waals surface area (Å²) in [4.78, 5) is 25.0. The topological polar surface area (TPSA) is 78.9 Å². The molecule has 0 spiro atoms. The fraction of sp³-hybridized carbons (Fsp3) is 0.385. The van der Waals surface area contributed by atoms with E-state index in [4.69, 9.17) is 9.84 Å². The van der Waals surface area contributed by atoms with E-state index in [-0.39, 0.29) is 23.3 Å². The molecule has 1 aliphatic rings. The van der Waals surface area contributed by atoms with Gasteiger partial charge in [0.15, 0.2) is 0 Å². The van der Waals surface area contributed by atoms with Crippen LogP contribution >= 0.6 is 15.9 Å². The number of anilines is 1. The minimum atomic E-state index is -1.08. The van der Waals surface area contributed by atoms with Gasteiger partial charge in [0.05, 0.1) is 30.5 Å². The lowest BCUT2D eigenvalue weighted by atomic mass is 10.2. The van der Waals surface area contributed by atoms with Gasteiger partial charge >= 0.3 is 12.0 Å². The summed E-state index contributed by atoms with van der Waals surface area (Å²) in [6.07, 6.45) is 0. The van der Waals surface area contributed by atoms with Crippen LogP contribution in [0.1, 0.15) is 17.3 Å². The van der Waals surface area contributed by atoms with Crippen molar-refractivity contribution in [3.8, 4) is 0 Å². The van der Waals surface area contributed by atoms with Crippen LogP contribution in [0.5, 0.6) is 0 Å². The molecule has 6 nitrogen and oxygen atoms in total. The first-order valence-electron chi connectivity index (χ1n) is 6.17. The number of carbonyl (C=O) groups excluding carboxylic acids is 1. The highest BCUT2D eigenvalue weighted by Crippen LogP contribution is 2.22. The van der Waals surface area contributed by atoms with E-state index in [1.165, 1.54) is 6.07 Å². The number of halogens is 1. The van der Waals surface area contributed by atoms with Crippen LogP contribution in [0.2, 0.25) is 0 Å². The minimum absolute atomic E-state index is 0.0378. The van der Waals surface area contributed by atoms with Gasteiger partial charge in [0, 0.05) is 11.0 Å². The molecule has 0 aromatic heterocycles. The SMILES string of the molecule is CC1COCCN1C(=O)Nc1cc(Br)ccc1C(=O)O. The Hall–Kier alpha value is -1.60. The molecule has 1 fully saturated rings. The van der Waals surface area contributed by atoms with E-state index < -0.39 is 5.97 Å². The van der Waals surface area contributed by atoms with E-state index >= 15 is 0 Å². The fourth-order valence-electron chi connectivity index (χ4n) is 2.02. The first-order chi connectivity index (χ1) is 9.49. The van der Waals surface area contributed by atoms with E-state index in [0.717, 1.165) is 0 Å². The highest BCUT2D eigenvalue weighted by Gasteiger charge is 2.24. The van der Waals surface area contributed by atoms with Crippen LogP contribution in [0, 0.1) is 0 Å². The number of nitrogens with one attached hydrogen (secondary N) is 1. The standard InChI is InChI=1S/C13H15BrN2O4/c1-8-7-20-5-4-16(8)13(19)15-11-6-9(14)2-3-10(11)12(17)18/h2-3,6,8H,4-5,7H2,1H3,(H,15,19)(H,17,18). The van der Waals surface area contributed by atoms with E-state index in [0.29, 0.717) is 24.2 Å². The van der Waals surface area contributed by atoms with Gasteiger partial charge in [-0.1, -0.05) is 15.9 Å². The van der Waals surface area contributed by atoms with Crippen molar-refractivity contribution in [2.24, 2.45) is 0 Å². The summed E-state index contributed by atoms with van der Waals surface area (Å²) < 4.78 is 5.97. The molecule has 1 aliphatic heterocycles. The van der Waals surface area contributed by atoms with Crippen molar-refractivity contribution in [2.45, 2.75) is 13.0 Å². The first kappa shape index (κ1) is 14.8. The molecule has 1 atom stereocenters. The normalized spacial score (nSPS) is 18.7. The zero-order valence-corrected chi connectivity index (χ0v) is 12.5. The lowest BCUT2D eigenvalue weighted by molar-refractivity contribution is 0.0221. The molecule has 0 saturated carbocycles. The molecule has 108 valence electrons. The molecule has 0 aliphatic carbocycles. The summed E-state index contributed by atoms with van der Waals surface area (Å²) in [5.41, 5.74) is 0.332. The molecule has 2 rings (SSSR count). The molecule has 7 heteroatoms. The number of carboxylic acid groups (broad SMARTS) is 1. The van der Waals surface area contributed by atoms with Crippen molar-refractivity contribution in [1.29, 1.82) is 0 Å². The minimum Gasteiger partial charge on any atom is -0.478 e. The Kier molecular flexibility index (Phi) is 4.61.